The molecule has 0 aliphatic heterocycles. The van der Waals surface area contributed by atoms with Crippen molar-refractivity contribution >= 4 is 27.5 Å². The molecule has 0 atom stereocenters. The van der Waals surface area contributed by atoms with Crippen molar-refractivity contribution in [2.75, 3.05) is 5.73 Å². The lowest BCUT2D eigenvalue weighted by Gasteiger charge is -2.12. The van der Waals surface area contributed by atoms with Crippen LogP contribution in [0.3, 0.4) is 0 Å². The molecule has 0 aliphatic rings. The standard InChI is InChI=1S/C15H14BrFN2O2/c1-7-3-9(4-8(2)14(7)16)21-13-5-10(15(19)20)12(18)6-11(13)17/h3-6H,18H2,1-2H3,(H2,19,20). The molecule has 0 saturated heterocycles. The van der Waals surface area contributed by atoms with Gasteiger partial charge >= 0.3 is 0 Å². The van der Waals surface area contributed by atoms with Crippen LogP contribution in [0, 0.1) is 19.7 Å². The van der Waals surface area contributed by atoms with Crippen LogP contribution in [0.15, 0.2) is 28.7 Å². The molecule has 0 radical (unpaired) electrons. The Morgan fingerprint density at radius 2 is 1.76 bits per heavy atom. The third-order valence-corrected chi connectivity index (χ3v) is 4.26. The Morgan fingerprint density at radius 1 is 1.19 bits per heavy atom. The Labute approximate surface area is 130 Å². The number of rotatable bonds is 3. The van der Waals surface area contributed by atoms with Crippen molar-refractivity contribution < 1.29 is 13.9 Å². The van der Waals surface area contributed by atoms with Crippen LogP contribution < -0.4 is 16.2 Å². The predicted octanol–water partition coefficient (Wildman–Crippen LogP) is 3.68. The zero-order chi connectivity index (χ0) is 15.7. The number of nitrogens with two attached hydrogens (primary N) is 2. The van der Waals surface area contributed by atoms with Crippen molar-refractivity contribution in [3.8, 4) is 11.5 Å². The molecule has 4 N–H and O–H groups in total. The summed E-state index contributed by atoms with van der Waals surface area (Å²) in [5.74, 6) is -1.03. The minimum Gasteiger partial charge on any atom is -0.454 e. The van der Waals surface area contributed by atoms with E-state index in [9.17, 15) is 9.18 Å². The molecule has 2 aromatic rings. The quantitative estimate of drug-likeness (QED) is 0.827. The monoisotopic (exact) mass is 352 g/mol. The van der Waals surface area contributed by atoms with E-state index >= 15 is 0 Å². The number of primary amides is 1. The largest absolute Gasteiger partial charge is 0.454 e. The van der Waals surface area contributed by atoms with E-state index in [1.54, 1.807) is 12.1 Å². The van der Waals surface area contributed by atoms with E-state index < -0.39 is 11.7 Å². The molecule has 2 aromatic carbocycles. The summed E-state index contributed by atoms with van der Waals surface area (Å²) in [5, 5.41) is 0. The molecule has 0 fully saturated rings. The number of ether oxygens (including phenoxy) is 1. The SMILES string of the molecule is Cc1cc(Oc2cc(C(N)=O)c(N)cc2F)cc(C)c1Br. The average Bonchev–Trinajstić information content (AvgIpc) is 2.38. The van der Waals surface area contributed by atoms with Gasteiger partial charge < -0.3 is 16.2 Å². The van der Waals surface area contributed by atoms with Gasteiger partial charge in [-0.3, -0.25) is 4.79 Å². The maximum Gasteiger partial charge on any atom is 0.250 e. The average molecular weight is 353 g/mol. The van der Waals surface area contributed by atoms with Gasteiger partial charge in [-0.25, -0.2) is 4.39 Å². The molecule has 1 amide bonds. The zero-order valence-electron chi connectivity index (χ0n) is 11.5. The Bertz CT molecular complexity index is 709. The Morgan fingerprint density at radius 3 is 2.29 bits per heavy atom. The van der Waals surface area contributed by atoms with Gasteiger partial charge in [0.25, 0.3) is 5.91 Å². The van der Waals surface area contributed by atoms with Crippen molar-refractivity contribution in [2.24, 2.45) is 5.73 Å². The lowest BCUT2D eigenvalue weighted by atomic mass is 10.1. The summed E-state index contributed by atoms with van der Waals surface area (Å²) in [6.07, 6.45) is 0. The first kappa shape index (κ1) is 15.3. The van der Waals surface area contributed by atoms with Crippen LogP contribution in [0.4, 0.5) is 10.1 Å². The van der Waals surface area contributed by atoms with Gasteiger partial charge in [-0.2, -0.15) is 0 Å². The molecule has 4 nitrogen and oxygen atoms in total. The van der Waals surface area contributed by atoms with Gasteiger partial charge in [-0.15, -0.1) is 0 Å². The summed E-state index contributed by atoms with van der Waals surface area (Å²) in [6, 6.07) is 5.75. The number of amides is 1. The Kier molecular flexibility index (Phi) is 4.18. The van der Waals surface area contributed by atoms with Gasteiger partial charge in [0, 0.05) is 16.2 Å². The first-order valence-corrected chi connectivity index (χ1v) is 6.92. The maximum atomic E-state index is 13.9. The molecule has 0 saturated carbocycles. The summed E-state index contributed by atoms with van der Waals surface area (Å²) >= 11 is 3.45. The number of hydrogen-bond acceptors (Lipinski definition) is 3. The molecule has 6 heteroatoms. The molecule has 2 rings (SSSR count). The predicted molar refractivity (Wildman–Crippen MR) is 83.0 cm³/mol. The van der Waals surface area contributed by atoms with E-state index in [1.165, 1.54) is 6.07 Å². The smallest absolute Gasteiger partial charge is 0.250 e. The molecule has 0 spiro atoms. The highest BCUT2D eigenvalue weighted by Crippen LogP contribution is 2.32. The van der Waals surface area contributed by atoms with E-state index in [1.807, 2.05) is 13.8 Å². The zero-order valence-corrected chi connectivity index (χ0v) is 13.1. The number of halogens is 2. The van der Waals surface area contributed by atoms with Gasteiger partial charge in [0.15, 0.2) is 11.6 Å². The Hall–Kier alpha value is -2.08. The van der Waals surface area contributed by atoms with E-state index in [-0.39, 0.29) is 17.0 Å². The normalized spacial score (nSPS) is 10.5. The number of carbonyl (C=O) groups excluding carboxylic acids is 1. The molecule has 0 bridgehead atoms. The van der Waals surface area contributed by atoms with Crippen LogP contribution in [-0.2, 0) is 0 Å². The van der Waals surface area contributed by atoms with Crippen LogP contribution >= 0.6 is 15.9 Å². The Balaban J connectivity index is 2.44. The van der Waals surface area contributed by atoms with Gasteiger partial charge in [0.05, 0.1) is 5.56 Å². The van der Waals surface area contributed by atoms with E-state index in [0.717, 1.165) is 21.7 Å². The molecule has 110 valence electrons. The van der Waals surface area contributed by atoms with Crippen LogP contribution in [0.25, 0.3) is 0 Å². The van der Waals surface area contributed by atoms with Gasteiger partial charge in [0.1, 0.15) is 5.75 Å². The second-order valence-corrected chi connectivity index (χ2v) is 5.50. The lowest BCUT2D eigenvalue weighted by molar-refractivity contribution is 0.100. The fourth-order valence-electron chi connectivity index (χ4n) is 1.95. The summed E-state index contributed by atoms with van der Waals surface area (Å²) < 4.78 is 20.4. The minimum atomic E-state index is -0.736. The van der Waals surface area contributed by atoms with Crippen molar-refractivity contribution in [2.45, 2.75) is 13.8 Å². The molecular formula is C15H14BrFN2O2. The number of anilines is 1. The highest BCUT2D eigenvalue weighted by Gasteiger charge is 2.14. The molecule has 0 heterocycles. The van der Waals surface area contributed by atoms with Crippen LogP contribution in [0.5, 0.6) is 11.5 Å². The third-order valence-electron chi connectivity index (χ3n) is 3.01. The maximum absolute atomic E-state index is 13.9. The minimum absolute atomic E-state index is 0.0180. The first-order valence-electron chi connectivity index (χ1n) is 6.13. The summed E-state index contributed by atoms with van der Waals surface area (Å²) in [4.78, 5) is 11.2. The number of aryl methyl sites for hydroxylation is 2. The van der Waals surface area contributed by atoms with Crippen LogP contribution in [0.2, 0.25) is 0 Å². The topological polar surface area (TPSA) is 78.3 Å². The molecule has 0 unspecified atom stereocenters. The number of nitrogen functional groups attached to an aromatic ring is 1. The van der Waals surface area contributed by atoms with E-state index in [4.69, 9.17) is 16.2 Å². The van der Waals surface area contributed by atoms with E-state index in [0.29, 0.717) is 5.75 Å². The molecule has 21 heavy (non-hydrogen) atoms. The van der Waals surface area contributed by atoms with Crippen molar-refractivity contribution in [3.63, 3.8) is 0 Å². The summed E-state index contributed by atoms with van der Waals surface area (Å²) in [5.41, 5.74) is 12.7. The van der Waals surface area contributed by atoms with Gasteiger partial charge in [-0.1, -0.05) is 15.9 Å². The number of benzene rings is 2. The highest BCUT2D eigenvalue weighted by atomic mass is 79.9. The molecular weight excluding hydrogens is 339 g/mol. The van der Waals surface area contributed by atoms with Crippen LogP contribution in [0.1, 0.15) is 21.5 Å². The van der Waals surface area contributed by atoms with Gasteiger partial charge in [0.2, 0.25) is 0 Å². The fourth-order valence-corrected chi connectivity index (χ4v) is 2.18. The second-order valence-electron chi connectivity index (χ2n) is 4.71. The number of carbonyl (C=O) groups is 1. The molecule has 0 aromatic heterocycles. The first-order chi connectivity index (χ1) is 9.79. The van der Waals surface area contributed by atoms with Crippen molar-refractivity contribution in [3.05, 3.63) is 51.2 Å². The fraction of sp³-hybridized carbons (Fsp3) is 0.133. The number of hydrogen-bond donors (Lipinski definition) is 2. The van der Waals surface area contributed by atoms with Gasteiger partial charge in [-0.05, 0) is 43.2 Å². The van der Waals surface area contributed by atoms with Crippen molar-refractivity contribution in [1.82, 2.24) is 0 Å². The summed E-state index contributed by atoms with van der Waals surface area (Å²) in [7, 11) is 0. The summed E-state index contributed by atoms with van der Waals surface area (Å²) in [6.45, 7) is 3.80. The second kappa shape index (κ2) is 5.73. The van der Waals surface area contributed by atoms with E-state index in [2.05, 4.69) is 15.9 Å². The third kappa shape index (κ3) is 3.16. The lowest BCUT2D eigenvalue weighted by Crippen LogP contribution is -2.14. The molecule has 0 aliphatic carbocycles. The highest BCUT2D eigenvalue weighted by molar-refractivity contribution is 9.10. The van der Waals surface area contributed by atoms with Crippen LogP contribution in [-0.4, -0.2) is 5.91 Å². The van der Waals surface area contributed by atoms with Crippen molar-refractivity contribution in [1.29, 1.82) is 0 Å².